The van der Waals surface area contributed by atoms with Crippen molar-refractivity contribution in [1.29, 1.82) is 0 Å². The number of carbonyl (C=O) groups is 1. The van der Waals surface area contributed by atoms with Crippen LogP contribution in [0.2, 0.25) is 0 Å². The summed E-state index contributed by atoms with van der Waals surface area (Å²) in [6.07, 6.45) is 6.64. The topological polar surface area (TPSA) is 80.3 Å². The summed E-state index contributed by atoms with van der Waals surface area (Å²) in [6, 6.07) is 1.91. The molecule has 110 valence electrons. The van der Waals surface area contributed by atoms with Crippen molar-refractivity contribution in [1.82, 2.24) is 19.4 Å². The summed E-state index contributed by atoms with van der Waals surface area (Å²) < 4.78 is 1.75. The van der Waals surface area contributed by atoms with Crippen LogP contribution in [0.3, 0.4) is 0 Å². The average molecular weight is 286 g/mol. The number of anilines is 2. The lowest BCUT2D eigenvalue weighted by atomic mass is 10.2. The summed E-state index contributed by atoms with van der Waals surface area (Å²) in [5.74, 6) is 0.0253. The number of rotatable bonds is 2. The highest BCUT2D eigenvalue weighted by Gasteiger charge is 2.24. The Morgan fingerprint density at radius 3 is 2.57 bits per heavy atom. The summed E-state index contributed by atoms with van der Waals surface area (Å²) in [5, 5.41) is 0. The van der Waals surface area contributed by atoms with Crippen molar-refractivity contribution in [2.75, 3.05) is 36.8 Å². The molecular formula is C14H18N6O. The van der Waals surface area contributed by atoms with Crippen LogP contribution in [0.4, 0.5) is 11.4 Å². The number of nitrogens with zero attached hydrogens (tertiary/aromatic N) is 5. The molecule has 7 nitrogen and oxygen atoms in total. The summed E-state index contributed by atoms with van der Waals surface area (Å²) in [5.41, 5.74) is 8.22. The summed E-state index contributed by atoms with van der Waals surface area (Å²) >= 11 is 0. The van der Waals surface area contributed by atoms with Crippen molar-refractivity contribution in [3.8, 4) is 0 Å². The van der Waals surface area contributed by atoms with Gasteiger partial charge in [0.2, 0.25) is 0 Å². The van der Waals surface area contributed by atoms with Gasteiger partial charge in [-0.3, -0.25) is 9.78 Å². The fourth-order valence-corrected chi connectivity index (χ4v) is 2.56. The van der Waals surface area contributed by atoms with Crippen LogP contribution in [-0.4, -0.2) is 51.5 Å². The molecule has 1 aliphatic rings. The summed E-state index contributed by atoms with van der Waals surface area (Å²) in [7, 11) is 1.83. The van der Waals surface area contributed by atoms with Gasteiger partial charge in [-0.1, -0.05) is 0 Å². The lowest BCUT2D eigenvalue weighted by Crippen LogP contribution is -2.49. The Labute approximate surface area is 123 Å². The number of nitrogen functional groups attached to an aromatic ring is 1. The van der Waals surface area contributed by atoms with Crippen LogP contribution >= 0.6 is 0 Å². The Balaban J connectivity index is 1.67. The minimum Gasteiger partial charge on any atom is -0.396 e. The van der Waals surface area contributed by atoms with E-state index in [1.165, 1.54) is 0 Å². The molecule has 3 rings (SSSR count). The van der Waals surface area contributed by atoms with Gasteiger partial charge in [0.05, 0.1) is 30.1 Å². The Morgan fingerprint density at radius 1 is 1.19 bits per heavy atom. The Bertz CT molecular complexity index is 644. The van der Waals surface area contributed by atoms with Gasteiger partial charge in [-0.2, -0.15) is 0 Å². The van der Waals surface area contributed by atoms with Crippen molar-refractivity contribution >= 4 is 17.3 Å². The van der Waals surface area contributed by atoms with Gasteiger partial charge in [-0.15, -0.1) is 0 Å². The fourth-order valence-electron chi connectivity index (χ4n) is 2.56. The van der Waals surface area contributed by atoms with Crippen LogP contribution in [-0.2, 0) is 7.05 Å². The van der Waals surface area contributed by atoms with E-state index in [4.69, 9.17) is 5.73 Å². The van der Waals surface area contributed by atoms with Crippen LogP contribution in [0, 0.1) is 0 Å². The number of hydrogen-bond acceptors (Lipinski definition) is 5. The van der Waals surface area contributed by atoms with Crippen molar-refractivity contribution in [3.05, 3.63) is 36.7 Å². The molecule has 21 heavy (non-hydrogen) atoms. The molecule has 2 N–H and O–H groups in total. The predicted molar refractivity (Wildman–Crippen MR) is 80.0 cm³/mol. The largest absolute Gasteiger partial charge is 0.396 e. The Kier molecular flexibility index (Phi) is 3.47. The molecule has 2 aromatic heterocycles. The Morgan fingerprint density at radius 2 is 1.95 bits per heavy atom. The second-order valence-corrected chi connectivity index (χ2v) is 5.10. The van der Waals surface area contributed by atoms with E-state index in [-0.39, 0.29) is 5.91 Å². The number of nitrogens with two attached hydrogens (primary N) is 1. The number of piperazine rings is 1. The Hall–Kier alpha value is -2.57. The smallest absolute Gasteiger partial charge is 0.272 e. The number of amides is 1. The van der Waals surface area contributed by atoms with Crippen LogP contribution in [0.25, 0.3) is 0 Å². The van der Waals surface area contributed by atoms with Crippen LogP contribution in [0.5, 0.6) is 0 Å². The third kappa shape index (κ3) is 2.54. The highest BCUT2D eigenvalue weighted by molar-refractivity contribution is 5.92. The molecule has 0 atom stereocenters. The zero-order valence-corrected chi connectivity index (χ0v) is 11.9. The first-order valence-electron chi connectivity index (χ1n) is 6.87. The van der Waals surface area contributed by atoms with Gasteiger partial charge >= 0.3 is 0 Å². The van der Waals surface area contributed by atoms with E-state index in [1.54, 1.807) is 29.5 Å². The van der Waals surface area contributed by atoms with Gasteiger partial charge in [0, 0.05) is 39.4 Å². The number of imidazole rings is 1. The lowest BCUT2D eigenvalue weighted by molar-refractivity contribution is 0.0737. The predicted octanol–water partition coefficient (Wildman–Crippen LogP) is 0.360. The minimum atomic E-state index is 0.0253. The number of pyridine rings is 1. The van der Waals surface area contributed by atoms with Crippen molar-refractivity contribution in [2.24, 2.45) is 7.05 Å². The molecule has 1 fully saturated rings. The molecule has 0 radical (unpaired) electrons. The number of aryl methyl sites for hydroxylation is 1. The fraction of sp³-hybridized carbons (Fsp3) is 0.357. The van der Waals surface area contributed by atoms with Gasteiger partial charge in [0.25, 0.3) is 5.91 Å². The van der Waals surface area contributed by atoms with Gasteiger partial charge in [0.15, 0.2) is 0 Å². The standard InChI is InChI=1S/C14H18N6O/c1-18-10-17-9-13(18)14(21)20-6-4-19(5-7-20)12-2-3-16-8-11(12)15/h2-3,8-10H,4-7,15H2,1H3. The van der Waals surface area contributed by atoms with E-state index in [0.717, 1.165) is 18.8 Å². The molecule has 0 bridgehead atoms. The molecule has 0 unspecified atom stereocenters. The van der Waals surface area contributed by atoms with Gasteiger partial charge < -0.3 is 20.1 Å². The molecule has 0 saturated carbocycles. The summed E-state index contributed by atoms with van der Waals surface area (Å²) in [6.45, 7) is 2.87. The summed E-state index contributed by atoms with van der Waals surface area (Å²) in [4.78, 5) is 24.4. The third-order valence-corrected chi connectivity index (χ3v) is 3.77. The molecule has 0 aromatic carbocycles. The molecule has 1 aliphatic heterocycles. The lowest BCUT2D eigenvalue weighted by Gasteiger charge is -2.36. The van der Waals surface area contributed by atoms with Crippen molar-refractivity contribution < 1.29 is 4.79 Å². The average Bonchev–Trinajstić information content (AvgIpc) is 2.93. The quantitative estimate of drug-likeness (QED) is 0.862. The first-order chi connectivity index (χ1) is 10.2. The molecule has 1 saturated heterocycles. The first kappa shape index (κ1) is 13.4. The second kappa shape index (κ2) is 5.43. The van der Waals surface area contributed by atoms with Crippen LogP contribution in [0.1, 0.15) is 10.5 Å². The van der Waals surface area contributed by atoms with E-state index >= 15 is 0 Å². The van der Waals surface area contributed by atoms with Crippen molar-refractivity contribution in [2.45, 2.75) is 0 Å². The SMILES string of the molecule is Cn1cncc1C(=O)N1CCN(c2ccncc2N)CC1. The van der Waals surface area contributed by atoms with Crippen LogP contribution < -0.4 is 10.6 Å². The highest BCUT2D eigenvalue weighted by atomic mass is 16.2. The second-order valence-electron chi connectivity index (χ2n) is 5.10. The number of aromatic nitrogens is 3. The molecule has 0 spiro atoms. The van der Waals surface area contributed by atoms with E-state index in [0.29, 0.717) is 24.5 Å². The van der Waals surface area contributed by atoms with Gasteiger partial charge in [-0.25, -0.2) is 4.98 Å². The van der Waals surface area contributed by atoms with Crippen molar-refractivity contribution in [3.63, 3.8) is 0 Å². The van der Waals surface area contributed by atoms with Gasteiger partial charge in [-0.05, 0) is 6.07 Å². The zero-order valence-electron chi connectivity index (χ0n) is 11.9. The maximum absolute atomic E-state index is 12.4. The van der Waals surface area contributed by atoms with Crippen LogP contribution in [0.15, 0.2) is 31.0 Å². The van der Waals surface area contributed by atoms with E-state index in [9.17, 15) is 4.79 Å². The molecule has 0 aliphatic carbocycles. The van der Waals surface area contributed by atoms with E-state index < -0.39 is 0 Å². The zero-order chi connectivity index (χ0) is 14.8. The molecule has 1 amide bonds. The third-order valence-electron chi connectivity index (χ3n) is 3.77. The molecule has 2 aromatic rings. The minimum absolute atomic E-state index is 0.0253. The maximum atomic E-state index is 12.4. The highest BCUT2D eigenvalue weighted by Crippen LogP contribution is 2.22. The monoisotopic (exact) mass is 286 g/mol. The molecule has 3 heterocycles. The van der Waals surface area contributed by atoms with Gasteiger partial charge in [0.1, 0.15) is 5.69 Å². The normalized spacial score (nSPS) is 15.3. The maximum Gasteiger partial charge on any atom is 0.272 e. The number of hydrogen-bond donors (Lipinski definition) is 1. The molecule has 7 heteroatoms. The number of carbonyl (C=O) groups excluding carboxylic acids is 1. The van der Waals surface area contributed by atoms with E-state index in [1.807, 2.05) is 18.0 Å². The molecular weight excluding hydrogens is 268 g/mol. The first-order valence-corrected chi connectivity index (χ1v) is 6.87. The van der Waals surface area contributed by atoms with E-state index in [2.05, 4.69) is 14.9 Å².